The average Bonchev–Trinajstić information content (AvgIpc) is 3.48. The minimum Gasteiger partial charge on any atom is -0.415 e. The molecule has 0 spiro atoms. The molecule has 1 aliphatic rings. The number of carbonyl (C=O) groups excluding carboxylic acids is 2. The Kier molecular flexibility index (Phi) is 9.80. The van der Waals surface area contributed by atoms with Crippen LogP contribution in [0.1, 0.15) is 74.0 Å². The van der Waals surface area contributed by atoms with Gasteiger partial charge >= 0.3 is 6.43 Å². The number of rotatable bonds is 12. The van der Waals surface area contributed by atoms with Gasteiger partial charge in [0, 0.05) is 56.1 Å². The van der Waals surface area contributed by atoms with E-state index in [2.05, 4.69) is 31.9 Å². The molecule has 9 nitrogen and oxygen atoms in total. The summed E-state index contributed by atoms with van der Waals surface area (Å²) in [6.07, 6.45) is 3.16. The van der Waals surface area contributed by atoms with Crippen molar-refractivity contribution < 1.29 is 22.8 Å². The predicted molar refractivity (Wildman–Crippen MR) is 152 cm³/mol. The monoisotopic (exact) mass is 568 g/mol. The summed E-state index contributed by atoms with van der Waals surface area (Å²) in [4.78, 5) is 36.4. The van der Waals surface area contributed by atoms with Gasteiger partial charge < -0.3 is 19.0 Å². The van der Waals surface area contributed by atoms with Crippen LogP contribution in [-0.4, -0.2) is 76.9 Å². The molecule has 0 bridgehead atoms. The number of carbonyl (C=O) groups is 2. The van der Waals surface area contributed by atoms with Gasteiger partial charge in [-0.05, 0) is 62.7 Å². The number of pyridine rings is 1. The van der Waals surface area contributed by atoms with Crippen molar-refractivity contribution in [3.8, 4) is 11.5 Å². The zero-order valence-electron chi connectivity index (χ0n) is 24.1. The third-order valence-electron chi connectivity index (χ3n) is 7.48. The van der Waals surface area contributed by atoms with Gasteiger partial charge in [0.1, 0.15) is 6.29 Å². The van der Waals surface area contributed by atoms with E-state index in [0.29, 0.717) is 22.4 Å². The van der Waals surface area contributed by atoms with Crippen molar-refractivity contribution in [3.63, 3.8) is 0 Å². The number of anilines is 1. The van der Waals surface area contributed by atoms with E-state index in [4.69, 9.17) is 4.42 Å². The number of unbranched alkanes of at least 4 members (excludes halogenated alkanes) is 2. The van der Waals surface area contributed by atoms with Gasteiger partial charge in [-0.1, -0.05) is 19.8 Å². The van der Waals surface area contributed by atoms with Crippen LogP contribution in [0.2, 0.25) is 0 Å². The van der Waals surface area contributed by atoms with Crippen LogP contribution >= 0.6 is 0 Å². The summed E-state index contributed by atoms with van der Waals surface area (Å²) >= 11 is 0. The molecule has 0 radical (unpaired) electrons. The van der Waals surface area contributed by atoms with Crippen LogP contribution in [0.4, 0.5) is 14.5 Å². The van der Waals surface area contributed by atoms with E-state index < -0.39 is 17.7 Å². The van der Waals surface area contributed by atoms with E-state index in [9.17, 15) is 18.4 Å². The van der Waals surface area contributed by atoms with E-state index >= 15 is 0 Å². The maximum atomic E-state index is 13.6. The number of aromatic nitrogens is 3. The van der Waals surface area contributed by atoms with Crippen molar-refractivity contribution in [2.24, 2.45) is 0 Å². The predicted octanol–water partition coefficient (Wildman–Crippen LogP) is 5.13. The summed E-state index contributed by atoms with van der Waals surface area (Å²) in [6, 6.07) is 9.06. The second-order valence-electron chi connectivity index (χ2n) is 11.1. The molecule has 220 valence electrons. The van der Waals surface area contributed by atoms with Crippen molar-refractivity contribution in [3.05, 3.63) is 59.2 Å². The second kappa shape index (κ2) is 13.3. The highest BCUT2D eigenvalue weighted by molar-refractivity contribution is 5.97. The van der Waals surface area contributed by atoms with Gasteiger partial charge in [0.15, 0.2) is 0 Å². The number of hydrogen-bond acceptors (Lipinski definition) is 8. The molecule has 1 amide bonds. The number of amides is 1. The van der Waals surface area contributed by atoms with Gasteiger partial charge in [0.25, 0.3) is 11.8 Å². The first-order chi connectivity index (χ1) is 19.6. The molecule has 1 fully saturated rings. The molecule has 41 heavy (non-hydrogen) atoms. The van der Waals surface area contributed by atoms with Crippen LogP contribution in [0.25, 0.3) is 11.5 Å². The Bertz CT molecular complexity index is 1320. The zero-order valence-corrected chi connectivity index (χ0v) is 24.1. The summed E-state index contributed by atoms with van der Waals surface area (Å²) in [5.41, 5.74) is 2.29. The molecule has 1 aliphatic heterocycles. The lowest BCUT2D eigenvalue weighted by molar-refractivity contribution is -0.111. The van der Waals surface area contributed by atoms with Crippen molar-refractivity contribution >= 4 is 17.9 Å². The van der Waals surface area contributed by atoms with Gasteiger partial charge in [0.05, 0.1) is 17.8 Å². The summed E-state index contributed by atoms with van der Waals surface area (Å²) in [7, 11) is 1.67. The first-order valence-corrected chi connectivity index (χ1v) is 14.0. The summed E-state index contributed by atoms with van der Waals surface area (Å²) in [5.74, 6) is -1.03. The minimum absolute atomic E-state index is 0.0532. The van der Waals surface area contributed by atoms with Gasteiger partial charge in [0.2, 0.25) is 5.89 Å². The molecule has 1 aromatic carbocycles. The van der Waals surface area contributed by atoms with E-state index in [1.165, 1.54) is 30.4 Å². The normalized spacial score (nSPS) is 14.5. The third-order valence-corrected chi connectivity index (χ3v) is 7.48. The van der Waals surface area contributed by atoms with Crippen molar-refractivity contribution in [1.82, 2.24) is 25.0 Å². The number of benzene rings is 1. The summed E-state index contributed by atoms with van der Waals surface area (Å²) < 4.78 is 30.5. The van der Waals surface area contributed by atoms with Crippen LogP contribution < -0.4 is 4.90 Å². The van der Waals surface area contributed by atoms with Crippen LogP contribution in [0.15, 0.2) is 40.9 Å². The molecule has 4 rings (SSSR count). The first kappa shape index (κ1) is 30.2. The lowest BCUT2D eigenvalue weighted by atomic mass is 9.82. The quantitative estimate of drug-likeness (QED) is 0.219. The molecule has 0 unspecified atom stereocenters. The number of hydrogen-bond donors (Lipinski definition) is 0. The molecule has 1 saturated heterocycles. The zero-order chi connectivity index (χ0) is 29.6. The maximum Gasteiger partial charge on any atom is 0.314 e. The lowest BCUT2D eigenvalue weighted by Gasteiger charge is -2.37. The molecule has 3 aromatic rings. The van der Waals surface area contributed by atoms with Crippen LogP contribution in [-0.2, 0) is 16.8 Å². The fourth-order valence-electron chi connectivity index (χ4n) is 4.93. The molecule has 0 atom stereocenters. The Morgan fingerprint density at radius 3 is 2.49 bits per heavy atom. The Morgan fingerprint density at radius 1 is 1.12 bits per heavy atom. The topological polar surface area (TPSA) is 95.7 Å². The number of nitrogens with zero attached hydrogens (tertiary/aromatic N) is 6. The van der Waals surface area contributed by atoms with Gasteiger partial charge in [-0.25, -0.2) is 0 Å². The first-order valence-electron chi connectivity index (χ1n) is 14.0. The molecule has 0 saturated carbocycles. The molecule has 3 heterocycles. The van der Waals surface area contributed by atoms with E-state index in [0.717, 1.165) is 44.7 Å². The maximum absolute atomic E-state index is 13.6. The Labute approximate surface area is 239 Å². The van der Waals surface area contributed by atoms with E-state index in [1.54, 1.807) is 19.2 Å². The Morgan fingerprint density at radius 2 is 1.88 bits per heavy atom. The van der Waals surface area contributed by atoms with Gasteiger partial charge in [-0.15, -0.1) is 10.2 Å². The summed E-state index contributed by atoms with van der Waals surface area (Å²) in [6.45, 7) is 11.0. The van der Waals surface area contributed by atoms with Crippen LogP contribution in [0.3, 0.4) is 0 Å². The van der Waals surface area contributed by atoms with E-state index in [-0.39, 0.29) is 18.3 Å². The molecule has 0 N–H and O–H groups in total. The highest BCUT2D eigenvalue weighted by atomic mass is 19.3. The molecule has 0 aliphatic carbocycles. The largest absolute Gasteiger partial charge is 0.415 e. The van der Waals surface area contributed by atoms with Crippen molar-refractivity contribution in [1.29, 1.82) is 0 Å². The smallest absolute Gasteiger partial charge is 0.314 e. The number of aldehydes is 1. The van der Waals surface area contributed by atoms with Crippen molar-refractivity contribution in [2.75, 3.05) is 44.7 Å². The molecule has 11 heteroatoms. The lowest BCUT2D eigenvalue weighted by Crippen LogP contribution is -2.46. The molecular weight excluding hydrogens is 530 g/mol. The minimum atomic E-state index is -2.85. The molecule has 2 aromatic heterocycles. The number of halogens is 2. The Balaban J connectivity index is 1.46. The highest BCUT2D eigenvalue weighted by Gasteiger charge is 2.29. The fraction of sp³-hybridized carbons (Fsp3) is 0.500. The average molecular weight is 569 g/mol. The van der Waals surface area contributed by atoms with E-state index in [1.807, 2.05) is 32.0 Å². The molecular formula is C30H38F2N6O3. The third kappa shape index (κ3) is 7.32. The highest BCUT2D eigenvalue weighted by Crippen LogP contribution is 2.31. The Hall–Kier alpha value is -3.73. The van der Waals surface area contributed by atoms with Gasteiger partial charge in [-0.3, -0.25) is 14.7 Å². The standard InChI is InChI=1S/C30H38F2N6O3/c1-5-6-7-12-37-13-15-38(16-14-37)23-10-11-24(25(17-23)30(2,3)20-39)29(40)36(4)19-22-9-8-21(18-33-22)27-34-35-28(41-27)26(31)32/h8-11,17-18,20,26H,5-7,12-16,19H2,1-4H3. The summed E-state index contributed by atoms with van der Waals surface area (Å²) in [5, 5.41) is 6.96. The SMILES string of the molecule is CCCCCN1CCN(c2ccc(C(=O)N(C)Cc3ccc(-c4nnc(C(F)F)o4)cn3)c(C(C)(C)C=O)c2)CC1. The van der Waals surface area contributed by atoms with Crippen LogP contribution in [0.5, 0.6) is 0 Å². The van der Waals surface area contributed by atoms with Gasteiger partial charge in [-0.2, -0.15) is 8.78 Å². The fourth-order valence-corrected chi connectivity index (χ4v) is 4.93. The van der Waals surface area contributed by atoms with Crippen molar-refractivity contribution in [2.45, 2.75) is 58.4 Å². The van der Waals surface area contributed by atoms with Crippen LogP contribution in [0, 0.1) is 0 Å². The second-order valence-corrected chi connectivity index (χ2v) is 11.1. The number of alkyl halides is 2. The number of piperazine rings is 1.